The quantitative estimate of drug-likeness (QED) is 0.620. The van der Waals surface area contributed by atoms with Crippen LogP contribution in [0.4, 0.5) is 0 Å². The number of carbonyl (C=O) groups excluding carboxylic acids is 1. The molecule has 8 heteroatoms. The van der Waals surface area contributed by atoms with Crippen LogP contribution in [0.1, 0.15) is 32.7 Å². The molecule has 2 rings (SSSR count). The second-order valence-corrected chi connectivity index (χ2v) is 6.05. The van der Waals surface area contributed by atoms with Crippen LogP contribution < -0.4 is 15.6 Å². The summed E-state index contributed by atoms with van der Waals surface area (Å²) in [5.41, 5.74) is 1.72. The van der Waals surface area contributed by atoms with Gasteiger partial charge < -0.3 is 25.3 Å². The van der Waals surface area contributed by atoms with E-state index in [-0.39, 0.29) is 34.0 Å². The van der Waals surface area contributed by atoms with Gasteiger partial charge in [0.05, 0.1) is 12.7 Å². The zero-order valence-corrected chi connectivity index (χ0v) is 15.0. The molecule has 2 aromatic rings. The largest absolute Gasteiger partial charge is 0.504 e. The highest BCUT2D eigenvalue weighted by molar-refractivity contribution is 6.34. The van der Waals surface area contributed by atoms with E-state index in [0.29, 0.717) is 5.56 Å². The SMILES string of the molecule is COc1c(Cl)c(O)c(O)c(C)c1C(=O)NCc1c(C)cc(C)[nH]c1=O. The molecule has 1 amide bonds. The summed E-state index contributed by atoms with van der Waals surface area (Å²) in [6.07, 6.45) is 0. The number of benzene rings is 1. The van der Waals surface area contributed by atoms with Crippen LogP contribution in [0, 0.1) is 20.8 Å². The molecule has 0 spiro atoms. The fraction of sp³-hybridized carbons (Fsp3) is 0.294. The Labute approximate surface area is 149 Å². The third-order valence-electron chi connectivity index (χ3n) is 3.94. The fourth-order valence-corrected chi connectivity index (χ4v) is 2.87. The lowest BCUT2D eigenvalue weighted by Crippen LogP contribution is -2.28. The Morgan fingerprint density at radius 3 is 2.48 bits per heavy atom. The third kappa shape index (κ3) is 3.41. The first-order valence-electron chi connectivity index (χ1n) is 7.44. The van der Waals surface area contributed by atoms with Crippen molar-refractivity contribution in [3.05, 3.63) is 49.4 Å². The van der Waals surface area contributed by atoms with Crippen molar-refractivity contribution >= 4 is 17.5 Å². The maximum absolute atomic E-state index is 12.6. The van der Waals surface area contributed by atoms with Crippen LogP contribution in [-0.4, -0.2) is 28.2 Å². The Bertz CT molecular complexity index is 905. The molecule has 0 aliphatic heterocycles. The summed E-state index contributed by atoms with van der Waals surface area (Å²) >= 11 is 5.93. The summed E-state index contributed by atoms with van der Waals surface area (Å²) in [5, 5.41) is 22.0. The van der Waals surface area contributed by atoms with E-state index in [1.807, 2.05) is 0 Å². The van der Waals surface area contributed by atoms with Crippen LogP contribution in [0.2, 0.25) is 5.02 Å². The Hall–Kier alpha value is -2.67. The lowest BCUT2D eigenvalue weighted by Gasteiger charge is -2.16. The number of carbonyl (C=O) groups is 1. The number of phenols is 2. The van der Waals surface area contributed by atoms with Gasteiger partial charge in [0.2, 0.25) is 0 Å². The van der Waals surface area contributed by atoms with Gasteiger partial charge in [-0.3, -0.25) is 9.59 Å². The maximum Gasteiger partial charge on any atom is 0.255 e. The van der Waals surface area contributed by atoms with E-state index in [1.165, 1.54) is 14.0 Å². The molecule has 0 saturated heterocycles. The van der Waals surface area contributed by atoms with Gasteiger partial charge >= 0.3 is 0 Å². The van der Waals surface area contributed by atoms with Crippen LogP contribution in [-0.2, 0) is 6.54 Å². The van der Waals surface area contributed by atoms with Gasteiger partial charge in [0.25, 0.3) is 11.5 Å². The minimum absolute atomic E-state index is 0.0102. The number of halogens is 1. The van der Waals surface area contributed by atoms with Crippen molar-refractivity contribution in [2.75, 3.05) is 7.11 Å². The predicted octanol–water partition coefficient (Wildman–Crippen LogP) is 2.30. The minimum Gasteiger partial charge on any atom is -0.504 e. The number of H-pyrrole nitrogens is 1. The van der Waals surface area contributed by atoms with E-state index in [2.05, 4.69) is 10.3 Å². The first kappa shape index (κ1) is 18.7. The summed E-state index contributed by atoms with van der Waals surface area (Å²) in [6, 6.07) is 1.80. The molecule has 0 fully saturated rings. The van der Waals surface area contributed by atoms with Crippen molar-refractivity contribution in [1.82, 2.24) is 10.3 Å². The Kier molecular flexibility index (Phi) is 5.27. The van der Waals surface area contributed by atoms with Crippen LogP contribution in [0.15, 0.2) is 10.9 Å². The molecule has 0 aliphatic rings. The number of phenolic OH excluding ortho intramolecular Hbond substituents is 2. The molecule has 0 saturated carbocycles. The van der Waals surface area contributed by atoms with E-state index >= 15 is 0 Å². The molecule has 1 aromatic heterocycles. The highest BCUT2D eigenvalue weighted by Crippen LogP contribution is 2.45. The van der Waals surface area contributed by atoms with Gasteiger partial charge in [0, 0.05) is 23.4 Å². The highest BCUT2D eigenvalue weighted by Gasteiger charge is 2.25. The molecular formula is C17H19ClN2O5. The Morgan fingerprint density at radius 1 is 1.28 bits per heavy atom. The van der Waals surface area contributed by atoms with Gasteiger partial charge in [-0.05, 0) is 32.4 Å². The van der Waals surface area contributed by atoms with Crippen molar-refractivity contribution in [3.8, 4) is 17.2 Å². The monoisotopic (exact) mass is 366 g/mol. The lowest BCUT2D eigenvalue weighted by molar-refractivity contribution is 0.0946. The summed E-state index contributed by atoms with van der Waals surface area (Å²) < 4.78 is 5.10. The number of nitrogens with one attached hydrogen (secondary N) is 2. The molecule has 0 bridgehead atoms. The summed E-state index contributed by atoms with van der Waals surface area (Å²) in [4.78, 5) is 27.3. The van der Waals surface area contributed by atoms with Gasteiger partial charge in [0.15, 0.2) is 17.2 Å². The fourth-order valence-electron chi connectivity index (χ4n) is 2.61. The van der Waals surface area contributed by atoms with E-state index in [0.717, 1.165) is 11.3 Å². The minimum atomic E-state index is -0.592. The molecular weight excluding hydrogens is 348 g/mol. The molecule has 0 radical (unpaired) electrons. The number of pyridine rings is 1. The molecule has 0 atom stereocenters. The van der Waals surface area contributed by atoms with Gasteiger partial charge in [0.1, 0.15) is 5.02 Å². The number of aromatic amines is 1. The average molecular weight is 367 g/mol. The Morgan fingerprint density at radius 2 is 1.92 bits per heavy atom. The maximum atomic E-state index is 12.6. The number of aryl methyl sites for hydroxylation is 2. The van der Waals surface area contributed by atoms with Crippen molar-refractivity contribution in [3.63, 3.8) is 0 Å². The molecule has 4 N–H and O–H groups in total. The van der Waals surface area contributed by atoms with E-state index in [9.17, 15) is 19.8 Å². The summed E-state index contributed by atoms with van der Waals surface area (Å²) in [6.45, 7) is 4.99. The first-order chi connectivity index (χ1) is 11.7. The predicted molar refractivity (Wildman–Crippen MR) is 93.8 cm³/mol. The van der Waals surface area contributed by atoms with Crippen LogP contribution in [0.3, 0.4) is 0 Å². The molecule has 1 aromatic carbocycles. The van der Waals surface area contributed by atoms with Crippen LogP contribution >= 0.6 is 11.6 Å². The number of hydrogen-bond acceptors (Lipinski definition) is 5. The average Bonchev–Trinajstić information content (AvgIpc) is 2.54. The molecule has 134 valence electrons. The highest BCUT2D eigenvalue weighted by atomic mass is 35.5. The number of methoxy groups -OCH3 is 1. The molecule has 25 heavy (non-hydrogen) atoms. The number of amides is 1. The summed E-state index contributed by atoms with van der Waals surface area (Å²) in [5.74, 6) is -1.70. The number of aromatic nitrogens is 1. The standard InChI is InChI=1S/C17H19ClN2O5/c1-7-5-8(2)20-16(23)10(7)6-19-17(24)11-9(3)13(21)14(22)12(18)15(11)25-4/h5,21-22H,6H2,1-4H3,(H,19,24)(H,20,23). The van der Waals surface area contributed by atoms with Gasteiger partial charge in [-0.2, -0.15) is 0 Å². The summed E-state index contributed by atoms with van der Waals surface area (Å²) in [7, 11) is 1.29. The number of ether oxygens (including phenoxy) is 1. The van der Waals surface area contributed by atoms with E-state index < -0.39 is 17.4 Å². The smallest absolute Gasteiger partial charge is 0.255 e. The third-order valence-corrected chi connectivity index (χ3v) is 4.29. The first-order valence-corrected chi connectivity index (χ1v) is 7.82. The van der Waals surface area contributed by atoms with E-state index in [4.69, 9.17) is 16.3 Å². The van der Waals surface area contributed by atoms with Crippen molar-refractivity contribution in [2.24, 2.45) is 0 Å². The second-order valence-electron chi connectivity index (χ2n) is 5.67. The van der Waals surface area contributed by atoms with Crippen molar-refractivity contribution in [1.29, 1.82) is 0 Å². The van der Waals surface area contributed by atoms with Crippen LogP contribution in [0.25, 0.3) is 0 Å². The molecule has 1 heterocycles. The molecule has 7 nitrogen and oxygen atoms in total. The normalized spacial score (nSPS) is 10.6. The topological polar surface area (TPSA) is 112 Å². The second kappa shape index (κ2) is 7.06. The van der Waals surface area contributed by atoms with Gasteiger partial charge in [-0.25, -0.2) is 0 Å². The molecule has 0 aliphatic carbocycles. The number of aromatic hydroxyl groups is 2. The van der Waals surface area contributed by atoms with Crippen molar-refractivity contribution < 1.29 is 19.7 Å². The van der Waals surface area contributed by atoms with E-state index in [1.54, 1.807) is 19.9 Å². The van der Waals surface area contributed by atoms with Gasteiger partial charge in [-0.15, -0.1) is 0 Å². The van der Waals surface area contributed by atoms with Crippen LogP contribution in [0.5, 0.6) is 17.2 Å². The Balaban J connectivity index is 2.39. The van der Waals surface area contributed by atoms with Crippen molar-refractivity contribution in [2.45, 2.75) is 27.3 Å². The zero-order valence-electron chi connectivity index (χ0n) is 14.3. The lowest BCUT2D eigenvalue weighted by atomic mass is 10.0. The molecule has 0 unspecified atom stereocenters. The number of rotatable bonds is 4. The van der Waals surface area contributed by atoms with Gasteiger partial charge in [-0.1, -0.05) is 11.6 Å². The number of hydrogen-bond donors (Lipinski definition) is 4. The zero-order chi connectivity index (χ0) is 18.9.